The Morgan fingerprint density at radius 2 is 1.55 bits per heavy atom. The molecule has 0 fully saturated rings. The van der Waals surface area contributed by atoms with Crippen molar-refractivity contribution in [2.45, 2.75) is 65.2 Å². The van der Waals surface area contributed by atoms with Gasteiger partial charge in [-0.3, -0.25) is 9.59 Å². The van der Waals surface area contributed by atoms with Gasteiger partial charge < -0.3 is 4.74 Å². The highest BCUT2D eigenvalue weighted by Crippen LogP contribution is 2.17. The summed E-state index contributed by atoms with van der Waals surface area (Å²) in [5.74, 6) is 0.675. The first-order chi connectivity index (χ1) is 14.0. The van der Waals surface area contributed by atoms with E-state index in [9.17, 15) is 9.59 Å². The summed E-state index contributed by atoms with van der Waals surface area (Å²) < 4.78 is 5.35. The van der Waals surface area contributed by atoms with Crippen LogP contribution in [-0.4, -0.2) is 11.8 Å². The van der Waals surface area contributed by atoms with E-state index in [-0.39, 0.29) is 11.8 Å². The maximum atomic E-state index is 12.4. The minimum absolute atomic E-state index is 0.0771. The molecule has 0 saturated carbocycles. The van der Waals surface area contributed by atoms with Crippen LogP contribution in [-0.2, 0) is 4.79 Å². The molecule has 0 bridgehead atoms. The molecule has 29 heavy (non-hydrogen) atoms. The fourth-order valence-corrected chi connectivity index (χ4v) is 3.00. The smallest absolute Gasteiger partial charge is 0.311 e. The largest absolute Gasteiger partial charge is 0.427 e. The molecular formula is C26H32O3. The lowest BCUT2D eigenvalue weighted by Crippen LogP contribution is -2.07. The Morgan fingerprint density at radius 3 is 2.17 bits per heavy atom. The minimum atomic E-state index is -0.217. The van der Waals surface area contributed by atoms with Crippen molar-refractivity contribution in [2.75, 3.05) is 0 Å². The Morgan fingerprint density at radius 1 is 0.897 bits per heavy atom. The molecule has 0 N–H and O–H groups in total. The Bertz CT molecular complexity index is 799. The summed E-state index contributed by atoms with van der Waals surface area (Å²) in [6.07, 6.45) is 9.30. The van der Waals surface area contributed by atoms with E-state index in [4.69, 9.17) is 4.74 Å². The maximum absolute atomic E-state index is 12.4. The molecule has 154 valence electrons. The van der Waals surface area contributed by atoms with Crippen LogP contribution in [0.25, 0.3) is 6.08 Å². The fraction of sp³-hybridized carbons (Fsp3) is 0.385. The number of ether oxygens (including phenoxy) is 1. The van der Waals surface area contributed by atoms with Gasteiger partial charge in [-0.2, -0.15) is 0 Å². The van der Waals surface area contributed by atoms with Crippen LogP contribution in [0.3, 0.4) is 0 Å². The molecule has 0 saturated heterocycles. The van der Waals surface area contributed by atoms with Crippen LogP contribution in [0.5, 0.6) is 5.75 Å². The van der Waals surface area contributed by atoms with Gasteiger partial charge in [0.1, 0.15) is 5.75 Å². The van der Waals surface area contributed by atoms with E-state index < -0.39 is 0 Å². The summed E-state index contributed by atoms with van der Waals surface area (Å²) in [6, 6.07) is 14.9. The fourth-order valence-electron chi connectivity index (χ4n) is 3.00. The van der Waals surface area contributed by atoms with Crippen LogP contribution in [0.4, 0.5) is 0 Å². The van der Waals surface area contributed by atoms with E-state index in [1.54, 1.807) is 30.3 Å². The number of unbranched alkanes of at least 4 members (excludes halogenated alkanes) is 4. The van der Waals surface area contributed by atoms with E-state index in [0.717, 1.165) is 24.8 Å². The molecule has 3 nitrogen and oxygen atoms in total. The van der Waals surface area contributed by atoms with Gasteiger partial charge in [-0.25, -0.2) is 0 Å². The lowest BCUT2D eigenvalue weighted by molar-refractivity contribution is -0.134. The third kappa shape index (κ3) is 8.06. The lowest BCUT2D eigenvalue weighted by atomic mass is 10.0. The van der Waals surface area contributed by atoms with E-state index in [0.29, 0.717) is 23.7 Å². The van der Waals surface area contributed by atoms with Gasteiger partial charge in [0.25, 0.3) is 0 Å². The predicted molar refractivity (Wildman–Crippen MR) is 119 cm³/mol. The number of benzene rings is 2. The van der Waals surface area contributed by atoms with Gasteiger partial charge >= 0.3 is 5.97 Å². The molecule has 0 spiro atoms. The molecule has 0 aliphatic rings. The predicted octanol–water partition coefficient (Wildman–Crippen LogP) is 6.97. The topological polar surface area (TPSA) is 43.4 Å². The zero-order valence-electron chi connectivity index (χ0n) is 17.8. The van der Waals surface area contributed by atoms with Gasteiger partial charge in [-0.05, 0) is 53.8 Å². The van der Waals surface area contributed by atoms with Crippen LogP contribution < -0.4 is 4.74 Å². The highest BCUT2D eigenvalue weighted by molar-refractivity contribution is 6.06. The van der Waals surface area contributed by atoms with Crippen LogP contribution in [0.15, 0.2) is 54.6 Å². The first kappa shape index (κ1) is 22.6. The van der Waals surface area contributed by atoms with Crippen molar-refractivity contribution in [3.05, 3.63) is 71.3 Å². The van der Waals surface area contributed by atoms with E-state index in [2.05, 4.69) is 32.9 Å². The van der Waals surface area contributed by atoms with Gasteiger partial charge in [-0.15, -0.1) is 0 Å². The van der Waals surface area contributed by atoms with Gasteiger partial charge in [0, 0.05) is 12.0 Å². The van der Waals surface area contributed by atoms with Crippen LogP contribution >= 0.6 is 0 Å². The molecule has 0 aliphatic heterocycles. The second-order valence-corrected chi connectivity index (χ2v) is 7.68. The van der Waals surface area contributed by atoms with Gasteiger partial charge in [0.05, 0.1) is 0 Å². The number of carbonyl (C=O) groups excluding carboxylic acids is 2. The molecule has 3 heteroatoms. The molecule has 0 heterocycles. The second kappa shape index (κ2) is 12.0. The van der Waals surface area contributed by atoms with Crippen molar-refractivity contribution in [1.82, 2.24) is 0 Å². The number of rotatable bonds is 11. The van der Waals surface area contributed by atoms with Crippen molar-refractivity contribution >= 4 is 17.8 Å². The number of hydrogen-bond acceptors (Lipinski definition) is 3. The Balaban J connectivity index is 1.84. The van der Waals surface area contributed by atoms with Crippen molar-refractivity contribution in [3.63, 3.8) is 0 Å². The first-order valence-corrected chi connectivity index (χ1v) is 10.6. The second-order valence-electron chi connectivity index (χ2n) is 7.68. The number of esters is 1. The molecule has 0 radical (unpaired) electrons. The lowest BCUT2D eigenvalue weighted by Gasteiger charge is -2.05. The SMILES string of the molecule is CCCCCCCC(=O)Oc1ccc(C(=O)/C=C/c2ccc(C(C)C)cc2)cc1. The van der Waals surface area contributed by atoms with Crippen molar-refractivity contribution in [3.8, 4) is 5.75 Å². The van der Waals surface area contributed by atoms with Crippen LogP contribution in [0.1, 0.15) is 86.7 Å². The van der Waals surface area contributed by atoms with Gasteiger partial charge in [0.2, 0.25) is 0 Å². The monoisotopic (exact) mass is 392 g/mol. The standard InChI is InChI=1S/C26H32O3/c1-4-5-6-7-8-9-26(28)29-24-17-15-23(16-18-24)25(27)19-12-21-10-13-22(14-11-21)20(2)3/h10-20H,4-9H2,1-3H3/b19-12+. The Labute approximate surface area is 174 Å². The molecule has 2 aromatic rings. The number of allylic oxidation sites excluding steroid dienone is 1. The molecule has 0 unspecified atom stereocenters. The average Bonchev–Trinajstić information content (AvgIpc) is 2.72. The molecule has 0 aliphatic carbocycles. The summed E-state index contributed by atoms with van der Waals surface area (Å²) >= 11 is 0. The van der Waals surface area contributed by atoms with E-state index >= 15 is 0 Å². The summed E-state index contributed by atoms with van der Waals surface area (Å²) in [5.41, 5.74) is 2.84. The maximum Gasteiger partial charge on any atom is 0.311 e. The van der Waals surface area contributed by atoms with Crippen molar-refractivity contribution < 1.29 is 14.3 Å². The summed E-state index contributed by atoms with van der Waals surface area (Å²) in [6.45, 7) is 6.48. The molecule has 2 rings (SSSR count). The van der Waals surface area contributed by atoms with Crippen molar-refractivity contribution in [2.24, 2.45) is 0 Å². The zero-order chi connectivity index (χ0) is 21.1. The molecule has 2 aromatic carbocycles. The number of carbonyl (C=O) groups is 2. The first-order valence-electron chi connectivity index (χ1n) is 10.6. The highest BCUT2D eigenvalue weighted by atomic mass is 16.5. The normalized spacial score (nSPS) is 11.2. The quantitative estimate of drug-likeness (QED) is 0.136. The average molecular weight is 393 g/mol. The summed E-state index contributed by atoms with van der Waals surface area (Å²) in [5, 5.41) is 0. The summed E-state index contributed by atoms with van der Waals surface area (Å²) in [4.78, 5) is 24.2. The van der Waals surface area contributed by atoms with E-state index in [1.807, 2.05) is 18.2 Å². The van der Waals surface area contributed by atoms with Gasteiger partial charge in [0.15, 0.2) is 5.78 Å². The minimum Gasteiger partial charge on any atom is -0.427 e. The number of hydrogen-bond donors (Lipinski definition) is 0. The molecule has 0 amide bonds. The van der Waals surface area contributed by atoms with Crippen molar-refractivity contribution in [1.29, 1.82) is 0 Å². The third-order valence-electron chi connectivity index (χ3n) is 4.89. The van der Waals surface area contributed by atoms with Crippen LogP contribution in [0.2, 0.25) is 0 Å². The molecule has 0 aromatic heterocycles. The third-order valence-corrected chi connectivity index (χ3v) is 4.89. The summed E-state index contributed by atoms with van der Waals surface area (Å²) in [7, 11) is 0. The molecule has 0 atom stereocenters. The highest BCUT2D eigenvalue weighted by Gasteiger charge is 2.07. The molecular weight excluding hydrogens is 360 g/mol. The Hall–Kier alpha value is -2.68. The number of ketones is 1. The zero-order valence-corrected chi connectivity index (χ0v) is 17.8. The van der Waals surface area contributed by atoms with Gasteiger partial charge in [-0.1, -0.05) is 76.8 Å². The van der Waals surface area contributed by atoms with E-state index in [1.165, 1.54) is 18.4 Å². The van der Waals surface area contributed by atoms with Crippen LogP contribution in [0, 0.1) is 0 Å². The Kier molecular flexibility index (Phi) is 9.36.